The second-order valence-corrected chi connectivity index (χ2v) is 3.78. The van der Waals surface area contributed by atoms with Gasteiger partial charge in [0.1, 0.15) is 0 Å². The molecule has 0 saturated heterocycles. The number of rotatable bonds is 4. The fourth-order valence-corrected chi connectivity index (χ4v) is 1.52. The molecular formula is C14H13N3O. The standard InChI is InChI=1S/C14H13N3O/c1-10(11-6-8-16-9-7-11)17-13-4-2-12(3-5-13)14(15)18/h2-9,17H,1H2,(H2,15,18). The highest BCUT2D eigenvalue weighted by Gasteiger charge is 2.01. The molecule has 1 aromatic carbocycles. The Labute approximate surface area is 105 Å². The number of benzene rings is 1. The zero-order chi connectivity index (χ0) is 13.0. The summed E-state index contributed by atoms with van der Waals surface area (Å²) < 4.78 is 0. The van der Waals surface area contributed by atoms with Crippen molar-refractivity contribution in [3.05, 3.63) is 66.5 Å². The van der Waals surface area contributed by atoms with Gasteiger partial charge in [-0.2, -0.15) is 0 Å². The van der Waals surface area contributed by atoms with Crippen LogP contribution in [0.15, 0.2) is 55.4 Å². The number of carbonyl (C=O) groups excluding carboxylic acids is 1. The van der Waals surface area contributed by atoms with Crippen molar-refractivity contribution in [2.45, 2.75) is 0 Å². The Bertz CT molecular complexity index is 561. The molecule has 90 valence electrons. The van der Waals surface area contributed by atoms with E-state index < -0.39 is 5.91 Å². The lowest BCUT2D eigenvalue weighted by molar-refractivity contribution is 0.100. The van der Waals surface area contributed by atoms with Crippen molar-refractivity contribution in [1.82, 2.24) is 4.98 Å². The summed E-state index contributed by atoms with van der Waals surface area (Å²) in [5.41, 5.74) is 8.23. The Kier molecular flexibility index (Phi) is 3.38. The van der Waals surface area contributed by atoms with Gasteiger partial charge < -0.3 is 11.1 Å². The van der Waals surface area contributed by atoms with Crippen molar-refractivity contribution in [3.63, 3.8) is 0 Å². The SMILES string of the molecule is C=C(Nc1ccc(C(N)=O)cc1)c1ccncc1. The van der Waals surface area contributed by atoms with E-state index >= 15 is 0 Å². The maximum Gasteiger partial charge on any atom is 0.248 e. The fraction of sp³-hybridized carbons (Fsp3) is 0. The second kappa shape index (κ2) is 5.14. The topological polar surface area (TPSA) is 68.0 Å². The molecule has 18 heavy (non-hydrogen) atoms. The Balaban J connectivity index is 2.10. The van der Waals surface area contributed by atoms with Crippen LogP contribution in [0.4, 0.5) is 5.69 Å². The number of hydrogen-bond donors (Lipinski definition) is 2. The average Bonchev–Trinajstić information content (AvgIpc) is 2.40. The highest BCUT2D eigenvalue weighted by atomic mass is 16.1. The number of amides is 1. The van der Waals surface area contributed by atoms with E-state index in [0.29, 0.717) is 5.56 Å². The number of nitrogens with two attached hydrogens (primary N) is 1. The minimum atomic E-state index is -0.436. The summed E-state index contributed by atoms with van der Waals surface area (Å²) in [5, 5.41) is 3.15. The third kappa shape index (κ3) is 2.74. The largest absolute Gasteiger partial charge is 0.366 e. The molecule has 0 bridgehead atoms. The molecule has 0 radical (unpaired) electrons. The van der Waals surface area contributed by atoms with E-state index in [4.69, 9.17) is 5.73 Å². The first kappa shape index (κ1) is 11.9. The van der Waals surface area contributed by atoms with Gasteiger partial charge in [0.25, 0.3) is 0 Å². The van der Waals surface area contributed by atoms with E-state index in [2.05, 4.69) is 16.9 Å². The molecule has 1 aromatic heterocycles. The lowest BCUT2D eigenvalue weighted by Crippen LogP contribution is -2.10. The molecule has 4 heteroatoms. The predicted molar refractivity (Wildman–Crippen MR) is 71.9 cm³/mol. The van der Waals surface area contributed by atoms with Crippen LogP contribution in [0.25, 0.3) is 5.70 Å². The Hall–Kier alpha value is -2.62. The molecule has 2 rings (SSSR count). The van der Waals surface area contributed by atoms with E-state index in [1.807, 2.05) is 12.1 Å². The lowest BCUT2D eigenvalue weighted by atomic mass is 10.1. The van der Waals surface area contributed by atoms with Crippen LogP contribution in [0.3, 0.4) is 0 Å². The van der Waals surface area contributed by atoms with Gasteiger partial charge in [0.2, 0.25) is 5.91 Å². The van der Waals surface area contributed by atoms with Crippen molar-refractivity contribution in [2.75, 3.05) is 5.32 Å². The number of hydrogen-bond acceptors (Lipinski definition) is 3. The van der Waals surface area contributed by atoms with E-state index in [1.54, 1.807) is 36.7 Å². The first-order valence-electron chi connectivity index (χ1n) is 5.43. The zero-order valence-electron chi connectivity index (χ0n) is 9.76. The predicted octanol–water partition coefficient (Wildman–Crippen LogP) is 2.26. The Morgan fingerprint density at radius 1 is 1.06 bits per heavy atom. The first-order chi connectivity index (χ1) is 8.66. The average molecular weight is 239 g/mol. The molecule has 0 saturated carbocycles. The van der Waals surface area contributed by atoms with Crippen LogP contribution in [0.5, 0.6) is 0 Å². The van der Waals surface area contributed by atoms with Crippen LogP contribution in [0.1, 0.15) is 15.9 Å². The molecule has 1 heterocycles. The van der Waals surface area contributed by atoms with Crippen molar-refractivity contribution in [2.24, 2.45) is 5.73 Å². The van der Waals surface area contributed by atoms with Gasteiger partial charge in [0, 0.05) is 34.9 Å². The van der Waals surface area contributed by atoms with Crippen molar-refractivity contribution >= 4 is 17.3 Å². The van der Waals surface area contributed by atoms with Crippen LogP contribution in [-0.4, -0.2) is 10.9 Å². The number of anilines is 1. The number of carbonyl (C=O) groups is 1. The van der Waals surface area contributed by atoms with Gasteiger partial charge >= 0.3 is 0 Å². The molecule has 0 aliphatic carbocycles. The van der Waals surface area contributed by atoms with E-state index in [0.717, 1.165) is 16.9 Å². The van der Waals surface area contributed by atoms with E-state index in [1.165, 1.54) is 0 Å². The maximum atomic E-state index is 10.9. The van der Waals surface area contributed by atoms with Gasteiger partial charge in [-0.05, 0) is 36.4 Å². The third-order valence-corrected chi connectivity index (χ3v) is 2.49. The van der Waals surface area contributed by atoms with Gasteiger partial charge in [-0.1, -0.05) is 6.58 Å². The number of nitrogens with zero attached hydrogens (tertiary/aromatic N) is 1. The van der Waals surface area contributed by atoms with Crippen LogP contribution < -0.4 is 11.1 Å². The van der Waals surface area contributed by atoms with Crippen LogP contribution in [0, 0.1) is 0 Å². The van der Waals surface area contributed by atoms with Crippen LogP contribution in [-0.2, 0) is 0 Å². The second-order valence-electron chi connectivity index (χ2n) is 3.78. The molecule has 2 aromatic rings. The van der Waals surface area contributed by atoms with Crippen molar-refractivity contribution in [1.29, 1.82) is 0 Å². The van der Waals surface area contributed by atoms with Gasteiger partial charge in [-0.3, -0.25) is 9.78 Å². The highest BCUT2D eigenvalue weighted by Crippen LogP contribution is 2.16. The minimum absolute atomic E-state index is 0.436. The molecule has 0 fully saturated rings. The molecule has 0 spiro atoms. The summed E-state index contributed by atoms with van der Waals surface area (Å²) in [7, 11) is 0. The van der Waals surface area contributed by atoms with Crippen molar-refractivity contribution in [3.8, 4) is 0 Å². The first-order valence-corrected chi connectivity index (χ1v) is 5.43. The molecular weight excluding hydrogens is 226 g/mol. The Morgan fingerprint density at radius 2 is 1.67 bits per heavy atom. The summed E-state index contributed by atoms with van der Waals surface area (Å²) in [6.45, 7) is 3.95. The van der Waals surface area contributed by atoms with E-state index in [9.17, 15) is 4.79 Å². The molecule has 4 nitrogen and oxygen atoms in total. The number of aromatic nitrogens is 1. The molecule has 0 aliphatic heterocycles. The van der Waals surface area contributed by atoms with Gasteiger partial charge in [-0.15, -0.1) is 0 Å². The zero-order valence-corrected chi connectivity index (χ0v) is 9.76. The van der Waals surface area contributed by atoms with Gasteiger partial charge in [0.05, 0.1) is 0 Å². The summed E-state index contributed by atoms with van der Waals surface area (Å²) in [6.07, 6.45) is 3.41. The molecule has 0 atom stereocenters. The summed E-state index contributed by atoms with van der Waals surface area (Å²) in [4.78, 5) is 14.9. The van der Waals surface area contributed by atoms with Gasteiger partial charge in [-0.25, -0.2) is 0 Å². The number of primary amides is 1. The number of pyridine rings is 1. The maximum absolute atomic E-state index is 10.9. The van der Waals surface area contributed by atoms with Crippen LogP contribution >= 0.6 is 0 Å². The van der Waals surface area contributed by atoms with E-state index in [-0.39, 0.29) is 0 Å². The monoisotopic (exact) mass is 239 g/mol. The minimum Gasteiger partial charge on any atom is -0.366 e. The smallest absolute Gasteiger partial charge is 0.248 e. The fourth-order valence-electron chi connectivity index (χ4n) is 1.52. The molecule has 1 amide bonds. The quantitative estimate of drug-likeness (QED) is 0.859. The Morgan fingerprint density at radius 3 is 2.22 bits per heavy atom. The molecule has 0 aliphatic rings. The number of nitrogens with one attached hydrogen (secondary N) is 1. The van der Waals surface area contributed by atoms with Crippen molar-refractivity contribution < 1.29 is 4.79 Å². The normalized spacial score (nSPS) is 9.78. The van der Waals surface area contributed by atoms with Crippen LogP contribution in [0.2, 0.25) is 0 Å². The highest BCUT2D eigenvalue weighted by molar-refractivity contribution is 5.93. The third-order valence-electron chi connectivity index (χ3n) is 2.49. The summed E-state index contributed by atoms with van der Waals surface area (Å²) in [6, 6.07) is 10.6. The lowest BCUT2D eigenvalue weighted by Gasteiger charge is -2.09. The van der Waals surface area contributed by atoms with Gasteiger partial charge in [0.15, 0.2) is 0 Å². The molecule has 3 N–H and O–H groups in total. The summed E-state index contributed by atoms with van der Waals surface area (Å²) >= 11 is 0. The molecule has 0 unspecified atom stereocenters. The summed E-state index contributed by atoms with van der Waals surface area (Å²) in [5.74, 6) is -0.436.